The minimum Gasteiger partial charge on any atom is -0.380 e. The van der Waals surface area contributed by atoms with Crippen LogP contribution in [0.25, 0.3) is 0 Å². The van der Waals surface area contributed by atoms with E-state index in [9.17, 15) is 19.3 Å². The fraction of sp³-hybridized carbons (Fsp3) is 0. The molecule has 2 aromatic rings. The van der Waals surface area contributed by atoms with Gasteiger partial charge in [0, 0.05) is 17.7 Å². The topological polar surface area (TPSA) is 108 Å². The summed E-state index contributed by atoms with van der Waals surface area (Å²) in [7, 11) is 0. The van der Waals surface area contributed by atoms with Crippen molar-refractivity contribution in [2.24, 2.45) is 10.9 Å². The van der Waals surface area contributed by atoms with Gasteiger partial charge >= 0.3 is 5.97 Å². The van der Waals surface area contributed by atoms with Crippen LogP contribution < -0.4 is 5.73 Å². The summed E-state index contributed by atoms with van der Waals surface area (Å²) in [5.74, 6) is -2.02. The number of nitrogens with zero attached hydrogens (tertiary/aromatic N) is 2. The van der Waals surface area contributed by atoms with Crippen molar-refractivity contribution >= 4 is 17.5 Å². The first-order valence-electron chi connectivity index (χ1n) is 6.03. The third-order valence-electron chi connectivity index (χ3n) is 2.67. The maximum absolute atomic E-state index is 13.4. The molecule has 0 saturated carbocycles. The number of nitrogens with two attached hydrogens (primary N) is 1. The second kappa shape index (κ2) is 6.44. The van der Waals surface area contributed by atoms with E-state index in [4.69, 9.17) is 5.73 Å². The van der Waals surface area contributed by atoms with Crippen molar-refractivity contribution in [3.63, 3.8) is 0 Å². The molecule has 0 amide bonds. The molecule has 0 aliphatic carbocycles. The summed E-state index contributed by atoms with van der Waals surface area (Å²) in [6.45, 7) is 0. The molecule has 2 rings (SSSR count). The molecule has 0 radical (unpaired) electrons. The molecule has 0 bridgehead atoms. The van der Waals surface area contributed by atoms with Crippen LogP contribution in [0.5, 0.6) is 0 Å². The second-order valence-corrected chi connectivity index (χ2v) is 4.14. The minimum atomic E-state index is -1.02. The van der Waals surface area contributed by atoms with Gasteiger partial charge in [0.2, 0.25) is 0 Å². The number of hydrogen-bond acceptors (Lipinski definition) is 5. The Hall–Kier alpha value is -3.29. The lowest BCUT2D eigenvalue weighted by molar-refractivity contribution is -0.384. The van der Waals surface area contributed by atoms with Crippen LogP contribution in [0.3, 0.4) is 0 Å². The molecule has 112 valence electrons. The van der Waals surface area contributed by atoms with Gasteiger partial charge in [0.05, 0.1) is 10.5 Å². The fourth-order valence-electron chi connectivity index (χ4n) is 1.60. The van der Waals surface area contributed by atoms with Crippen molar-refractivity contribution in [1.82, 2.24) is 0 Å². The maximum atomic E-state index is 13.4. The summed E-state index contributed by atoms with van der Waals surface area (Å²) in [6, 6.07) is 10.6. The van der Waals surface area contributed by atoms with E-state index in [1.165, 1.54) is 42.5 Å². The summed E-state index contributed by atoms with van der Waals surface area (Å²) in [5.41, 5.74) is 5.31. The number of hydrogen-bond donors (Lipinski definition) is 1. The van der Waals surface area contributed by atoms with Crippen LogP contribution in [-0.2, 0) is 4.84 Å². The van der Waals surface area contributed by atoms with E-state index in [0.29, 0.717) is 0 Å². The first-order chi connectivity index (χ1) is 10.5. The molecule has 0 atom stereocenters. The van der Waals surface area contributed by atoms with Crippen molar-refractivity contribution in [2.45, 2.75) is 0 Å². The van der Waals surface area contributed by atoms with Crippen LogP contribution in [0, 0.1) is 15.9 Å². The predicted molar refractivity (Wildman–Crippen MR) is 75.6 cm³/mol. The van der Waals surface area contributed by atoms with Gasteiger partial charge in [-0.15, -0.1) is 0 Å². The van der Waals surface area contributed by atoms with Gasteiger partial charge in [-0.1, -0.05) is 29.4 Å². The van der Waals surface area contributed by atoms with Crippen LogP contribution >= 0.6 is 0 Å². The molecule has 0 unspecified atom stereocenters. The van der Waals surface area contributed by atoms with Crippen molar-refractivity contribution in [3.05, 3.63) is 75.6 Å². The minimum absolute atomic E-state index is 0.184. The molecule has 2 N–H and O–H groups in total. The van der Waals surface area contributed by atoms with Gasteiger partial charge in [-0.3, -0.25) is 10.1 Å². The highest BCUT2D eigenvalue weighted by atomic mass is 19.1. The molecular weight excluding hydrogens is 293 g/mol. The molecule has 0 fully saturated rings. The van der Waals surface area contributed by atoms with Crippen molar-refractivity contribution in [2.75, 3.05) is 0 Å². The Bertz CT molecular complexity index is 761. The molecule has 0 heterocycles. The zero-order valence-corrected chi connectivity index (χ0v) is 11.1. The van der Waals surface area contributed by atoms with Gasteiger partial charge in [0.15, 0.2) is 5.84 Å². The van der Waals surface area contributed by atoms with Gasteiger partial charge in [0.25, 0.3) is 5.69 Å². The molecule has 0 spiro atoms. The first kappa shape index (κ1) is 15.1. The molecule has 8 heteroatoms. The van der Waals surface area contributed by atoms with E-state index < -0.39 is 16.7 Å². The summed E-state index contributed by atoms with van der Waals surface area (Å²) < 4.78 is 13.4. The number of carbonyl (C=O) groups is 1. The number of non-ortho nitro benzene ring substituents is 1. The predicted octanol–water partition coefficient (Wildman–Crippen LogP) is 2.21. The smallest absolute Gasteiger partial charge is 0.368 e. The number of amidine groups is 1. The van der Waals surface area contributed by atoms with E-state index in [1.807, 2.05) is 0 Å². The Balaban J connectivity index is 2.16. The zero-order valence-electron chi connectivity index (χ0n) is 11.1. The van der Waals surface area contributed by atoms with Crippen LogP contribution in [0.4, 0.5) is 10.1 Å². The molecule has 0 aromatic heterocycles. The highest BCUT2D eigenvalue weighted by Gasteiger charge is 2.13. The van der Waals surface area contributed by atoms with Crippen LogP contribution in [0.15, 0.2) is 53.7 Å². The lowest BCUT2D eigenvalue weighted by Gasteiger charge is -2.02. The molecular formula is C14H10FN3O4. The number of carbonyl (C=O) groups excluding carboxylic acids is 1. The van der Waals surface area contributed by atoms with Crippen molar-refractivity contribution in [1.29, 1.82) is 0 Å². The Labute approximate surface area is 124 Å². The number of nitro benzene ring substituents is 1. The summed E-state index contributed by atoms with van der Waals surface area (Å²) in [5, 5.41) is 14.0. The van der Waals surface area contributed by atoms with Crippen molar-refractivity contribution < 1.29 is 18.9 Å². The Morgan fingerprint density at radius 3 is 2.64 bits per heavy atom. The molecule has 0 aliphatic heterocycles. The molecule has 0 aliphatic rings. The van der Waals surface area contributed by atoms with Gasteiger partial charge in [-0.2, -0.15) is 0 Å². The number of benzene rings is 2. The van der Waals surface area contributed by atoms with E-state index in [-0.39, 0.29) is 22.6 Å². The van der Waals surface area contributed by atoms with E-state index >= 15 is 0 Å². The third kappa shape index (κ3) is 3.42. The molecule has 7 nitrogen and oxygen atoms in total. The standard InChI is InChI=1S/C14H10FN3O4/c15-12-7-2-1-6-11(12)14(19)22-17-13(16)9-4-3-5-10(8-9)18(20)21/h1-8H,(H2,16,17). The number of halogens is 1. The second-order valence-electron chi connectivity index (χ2n) is 4.14. The summed E-state index contributed by atoms with van der Waals surface area (Å²) in [4.78, 5) is 26.3. The molecule has 2 aromatic carbocycles. The first-order valence-corrected chi connectivity index (χ1v) is 6.03. The maximum Gasteiger partial charge on any atom is 0.368 e. The number of rotatable bonds is 4. The average molecular weight is 303 g/mol. The average Bonchev–Trinajstić information content (AvgIpc) is 2.52. The largest absolute Gasteiger partial charge is 0.380 e. The summed E-state index contributed by atoms with van der Waals surface area (Å²) >= 11 is 0. The summed E-state index contributed by atoms with van der Waals surface area (Å²) in [6.07, 6.45) is 0. The Kier molecular flexibility index (Phi) is 4.42. The Morgan fingerprint density at radius 1 is 1.23 bits per heavy atom. The fourth-order valence-corrected chi connectivity index (χ4v) is 1.60. The van der Waals surface area contributed by atoms with E-state index in [1.54, 1.807) is 0 Å². The van der Waals surface area contributed by atoms with Crippen LogP contribution in [0.2, 0.25) is 0 Å². The molecule has 0 saturated heterocycles. The van der Waals surface area contributed by atoms with Crippen LogP contribution in [-0.4, -0.2) is 16.7 Å². The molecule has 22 heavy (non-hydrogen) atoms. The highest BCUT2D eigenvalue weighted by Crippen LogP contribution is 2.13. The van der Waals surface area contributed by atoms with Gasteiger partial charge in [0.1, 0.15) is 5.82 Å². The van der Waals surface area contributed by atoms with E-state index in [0.717, 1.165) is 6.07 Å². The lowest BCUT2D eigenvalue weighted by Crippen LogP contribution is -2.15. The number of oxime groups is 1. The SMILES string of the molecule is NC(=NOC(=O)c1ccccc1F)c1cccc([N+](=O)[O-])c1. The van der Waals surface area contributed by atoms with Gasteiger partial charge < -0.3 is 10.6 Å². The van der Waals surface area contributed by atoms with Gasteiger partial charge in [-0.25, -0.2) is 9.18 Å². The van der Waals surface area contributed by atoms with Gasteiger partial charge in [-0.05, 0) is 12.1 Å². The quantitative estimate of drug-likeness (QED) is 0.306. The normalized spacial score (nSPS) is 11.0. The number of nitro groups is 1. The van der Waals surface area contributed by atoms with Crippen molar-refractivity contribution in [3.8, 4) is 0 Å². The highest BCUT2D eigenvalue weighted by molar-refractivity contribution is 5.98. The monoisotopic (exact) mass is 303 g/mol. The Morgan fingerprint density at radius 2 is 1.95 bits per heavy atom. The van der Waals surface area contributed by atoms with E-state index in [2.05, 4.69) is 9.99 Å². The lowest BCUT2D eigenvalue weighted by atomic mass is 10.2. The van der Waals surface area contributed by atoms with Crippen LogP contribution in [0.1, 0.15) is 15.9 Å². The third-order valence-corrected chi connectivity index (χ3v) is 2.67. The zero-order chi connectivity index (χ0) is 16.1.